The topological polar surface area (TPSA) is 120 Å². The standard InChI is InChI=1S/C27H33N2O.C26H31N2O.C25H29N2O.C24H27N2O/c1-17(2)14-20-10-12-22-21-11-8-18(3)24(25(21)30-26(22)28-20)23-13-9-19(16-29(23)7)15-27(4,5)6;1-16(2)21-12-11-20-19-10-8-17(3)23(24(19)29-25(20)27-21)22-13-9-18(15-28(22)7)14-26(4,5)6;1-7-18-10-12-20-19-11-8-16(2)22(23(19)28-24(20)26-18)21-13-9-17(15-27(21)6)14-25(3,4)5;1-15-7-10-18-19-11-8-16(2)25-23(19)27-22(18)21(15)20-12-9-17(14-26(20)6)13-24(3,4)5/h8-13,16-17H,14-15H2,1-7H3;8-13,15-16H,14H2,1-7H3;8-13,15H,7,14H2,1-6H3;7-12,14H,13H2,1-6H3/q4*+1/i15D2;14D2,16D;14D2;13D2. The van der Waals surface area contributed by atoms with Crippen LogP contribution in [0.25, 0.3) is 133 Å². The fraction of sp³-hybridized carbons (Fsp3) is 0.373. The molecule has 4 aromatic carbocycles. The summed E-state index contributed by atoms with van der Waals surface area (Å²) in [5.41, 5.74) is 22.4. The number of aryl methyl sites for hydroxylation is 10. The summed E-state index contributed by atoms with van der Waals surface area (Å²) in [6.07, 6.45) is 3.57. The van der Waals surface area contributed by atoms with Crippen LogP contribution in [0, 0.1) is 62.2 Å². The Morgan fingerprint density at radius 3 is 0.895 bits per heavy atom. The molecule has 12 heteroatoms. The second-order valence-electron chi connectivity index (χ2n) is 35.7. The molecule has 588 valence electrons. The number of aromatic nitrogens is 8. The Balaban J connectivity index is 0.000000141. The molecular formula is C102H120N8O4+4. The van der Waals surface area contributed by atoms with E-state index in [-0.39, 0.29) is 0 Å². The summed E-state index contributed by atoms with van der Waals surface area (Å²) in [6, 6.07) is 48.6. The van der Waals surface area contributed by atoms with Gasteiger partial charge in [-0.25, -0.2) is 38.2 Å². The SMILES string of the molecule is [2H]C(C)(C)c1ccc2c(n1)oc1c(-c3ccc(C([2H])([2H])C(C)(C)C)c[n+]3C)c(C)ccc12.[2H]C([2H])(c1ccc(-c2c(C)ccc3c2oc2nc(C)ccc23)[n+](C)c1)C(C)(C)C.[2H]C([2H])(c1ccc(-c2c(C)ccc3c2oc2nc(CC(C)C)ccc23)[n+](C)c1)C(C)(C)C.[2H]C([2H])(c1ccc(-c2c(C)ccc3c2oc2nc(CC)ccc23)[n+](C)c1)C(C)(C)C. The van der Waals surface area contributed by atoms with E-state index in [9.17, 15) is 0 Å². The Bertz CT molecular complexity index is 6790. The lowest BCUT2D eigenvalue weighted by Gasteiger charge is -2.17. The van der Waals surface area contributed by atoms with E-state index in [0.717, 1.165) is 163 Å². The molecule has 0 aliphatic heterocycles. The number of rotatable bonds is 12. The van der Waals surface area contributed by atoms with Crippen molar-refractivity contribution in [3.8, 4) is 45.0 Å². The molecular weight excluding hydrogens is 1400 g/mol. The molecule has 0 radical (unpaired) electrons. The van der Waals surface area contributed by atoms with Crippen LogP contribution in [0.4, 0.5) is 0 Å². The molecule has 0 aliphatic carbocycles. The van der Waals surface area contributed by atoms with Gasteiger partial charge in [0, 0.05) is 125 Å². The maximum absolute atomic E-state index is 8.63. The molecule has 0 N–H and O–H groups in total. The van der Waals surface area contributed by atoms with Crippen LogP contribution in [0.3, 0.4) is 0 Å². The second-order valence-corrected chi connectivity index (χ2v) is 35.7. The number of nitrogens with zero attached hydrogens (tertiary/aromatic N) is 8. The highest BCUT2D eigenvalue weighted by Crippen LogP contribution is 2.42. The van der Waals surface area contributed by atoms with Crippen LogP contribution < -0.4 is 18.3 Å². The van der Waals surface area contributed by atoms with E-state index in [1.165, 1.54) is 0 Å². The second kappa shape index (κ2) is 31.9. The number of hydrogen-bond donors (Lipinski definition) is 0. The molecule has 0 bridgehead atoms. The van der Waals surface area contributed by atoms with E-state index in [4.69, 9.17) is 35.0 Å². The van der Waals surface area contributed by atoms with Crippen molar-refractivity contribution in [1.82, 2.24) is 19.9 Å². The molecule has 0 atom stereocenters. The maximum Gasteiger partial charge on any atom is 0.227 e. The van der Waals surface area contributed by atoms with E-state index in [2.05, 4.69) is 142 Å². The molecule has 12 heterocycles. The van der Waals surface area contributed by atoms with Gasteiger partial charge >= 0.3 is 0 Å². The van der Waals surface area contributed by atoms with Crippen LogP contribution in [0.5, 0.6) is 0 Å². The smallest absolute Gasteiger partial charge is 0.227 e. The highest BCUT2D eigenvalue weighted by Gasteiger charge is 2.29. The van der Waals surface area contributed by atoms with Crippen LogP contribution in [-0.2, 0) is 66.5 Å². The first-order valence-corrected chi connectivity index (χ1v) is 39.9. The molecule has 12 nitrogen and oxygen atoms in total. The minimum atomic E-state index is -1.47. The number of fused-ring (bicyclic) bond motifs is 12. The fourth-order valence-corrected chi connectivity index (χ4v) is 15.2. The van der Waals surface area contributed by atoms with E-state index in [1.54, 1.807) is 0 Å². The summed E-state index contributed by atoms with van der Waals surface area (Å²) in [5, 5.41) is 8.11. The van der Waals surface area contributed by atoms with E-state index < -0.39 is 53.0 Å². The highest BCUT2D eigenvalue weighted by molar-refractivity contribution is 6.12. The van der Waals surface area contributed by atoms with Gasteiger partial charge in [0.05, 0.1) is 22.3 Å². The third-order valence-electron chi connectivity index (χ3n) is 20.2. The molecule has 16 aromatic rings. The lowest BCUT2D eigenvalue weighted by Crippen LogP contribution is -2.32. The molecule has 0 fully saturated rings. The Hall–Kier alpha value is -10.7. The summed E-state index contributed by atoms with van der Waals surface area (Å²) in [5.74, 6) is -0.269. The monoisotopic (exact) mass is 1530 g/mol. The zero-order valence-corrected chi connectivity index (χ0v) is 71.9. The third kappa shape index (κ3) is 17.8. The van der Waals surface area contributed by atoms with Gasteiger partial charge in [-0.1, -0.05) is 166 Å². The Labute approximate surface area is 688 Å². The largest absolute Gasteiger partial charge is 0.437 e. The van der Waals surface area contributed by atoms with Crippen molar-refractivity contribution >= 4 is 88.3 Å². The van der Waals surface area contributed by atoms with E-state index in [1.807, 2.05) is 242 Å². The normalized spacial score (nSPS) is 14.1. The summed E-state index contributed by atoms with van der Waals surface area (Å²) in [4.78, 5) is 18.6. The Morgan fingerprint density at radius 2 is 0.605 bits per heavy atom. The third-order valence-corrected chi connectivity index (χ3v) is 20.2. The van der Waals surface area contributed by atoms with Gasteiger partial charge in [0.1, 0.15) is 28.2 Å². The van der Waals surface area contributed by atoms with Gasteiger partial charge in [-0.15, -0.1) is 0 Å². The predicted molar refractivity (Wildman–Crippen MR) is 471 cm³/mol. The van der Waals surface area contributed by atoms with Crippen LogP contribution >= 0.6 is 0 Å². The zero-order valence-electron chi connectivity index (χ0n) is 80.9. The lowest BCUT2D eigenvalue weighted by molar-refractivity contribution is -0.660. The fourth-order valence-electron chi connectivity index (χ4n) is 15.2. The molecule has 0 saturated carbocycles. The summed E-state index contributed by atoms with van der Waals surface area (Å²) in [7, 11) is 7.84. The first kappa shape index (κ1) is 70.0. The van der Waals surface area contributed by atoms with Crippen LogP contribution in [0.15, 0.2) is 188 Å². The van der Waals surface area contributed by atoms with Gasteiger partial charge in [0.15, 0.2) is 47.1 Å². The zero-order chi connectivity index (χ0) is 90.0. The number of hydrogen-bond acceptors (Lipinski definition) is 8. The van der Waals surface area contributed by atoms with Gasteiger partial charge in [-0.2, -0.15) is 0 Å². The average Bonchev–Trinajstić information content (AvgIpc) is 1.33. The van der Waals surface area contributed by atoms with Crippen molar-refractivity contribution in [2.75, 3.05) is 0 Å². The van der Waals surface area contributed by atoms with E-state index in [0.29, 0.717) is 56.7 Å². The van der Waals surface area contributed by atoms with Crippen molar-refractivity contribution in [2.45, 2.75) is 197 Å². The van der Waals surface area contributed by atoms with Gasteiger partial charge in [-0.3, -0.25) is 0 Å². The van der Waals surface area contributed by atoms with Crippen LogP contribution in [0.2, 0.25) is 0 Å². The van der Waals surface area contributed by atoms with E-state index >= 15 is 0 Å². The number of pyridine rings is 8. The highest BCUT2D eigenvalue weighted by atomic mass is 16.4. The molecule has 0 spiro atoms. The predicted octanol–water partition coefficient (Wildman–Crippen LogP) is 24.7. The molecule has 16 rings (SSSR count). The quantitative estimate of drug-likeness (QED) is 0.111. The van der Waals surface area contributed by atoms with Gasteiger partial charge in [0.2, 0.25) is 45.6 Å². The summed E-state index contributed by atoms with van der Waals surface area (Å²) >= 11 is 0. The van der Waals surface area contributed by atoms with Gasteiger partial charge in [-0.05, 0) is 201 Å². The average molecular weight is 1530 g/mol. The van der Waals surface area contributed by atoms with Crippen molar-refractivity contribution in [2.24, 2.45) is 55.8 Å². The Morgan fingerprint density at radius 1 is 0.333 bits per heavy atom. The first-order chi connectivity index (χ1) is 57.2. The number of benzene rings is 4. The molecule has 0 amide bonds. The molecule has 114 heavy (non-hydrogen) atoms. The maximum atomic E-state index is 8.63. The minimum Gasteiger partial charge on any atom is -0.437 e. The lowest BCUT2D eigenvalue weighted by atomic mass is 9.88. The summed E-state index contributed by atoms with van der Waals surface area (Å²) in [6.45, 7) is 43.5. The molecule has 12 aromatic heterocycles. The van der Waals surface area contributed by atoms with Gasteiger partial charge < -0.3 is 17.7 Å². The Kier molecular flexibility index (Phi) is 19.6. The number of furan rings is 4. The molecule has 0 saturated heterocycles. The van der Waals surface area contributed by atoms with Crippen LogP contribution in [0.1, 0.15) is 203 Å². The summed E-state index contributed by atoms with van der Waals surface area (Å²) < 4.78 is 110. The van der Waals surface area contributed by atoms with Crippen molar-refractivity contribution in [3.05, 3.63) is 238 Å². The van der Waals surface area contributed by atoms with Crippen molar-refractivity contribution in [1.29, 1.82) is 0 Å². The minimum absolute atomic E-state index is 0.500. The first-order valence-electron chi connectivity index (χ1n) is 44.4. The van der Waals surface area contributed by atoms with Crippen molar-refractivity contribution < 1.29 is 48.3 Å². The molecule has 0 aliphatic rings. The van der Waals surface area contributed by atoms with Gasteiger partial charge in [0.25, 0.3) is 0 Å². The molecule has 0 unspecified atom stereocenters. The van der Waals surface area contributed by atoms with Crippen molar-refractivity contribution in [3.63, 3.8) is 0 Å². The van der Waals surface area contributed by atoms with Crippen LogP contribution in [-0.4, -0.2) is 19.9 Å².